The lowest BCUT2D eigenvalue weighted by Gasteiger charge is -2.03. The first-order chi connectivity index (χ1) is 11.1. The van der Waals surface area contributed by atoms with Crippen molar-refractivity contribution in [1.82, 2.24) is 4.98 Å². The van der Waals surface area contributed by atoms with Crippen molar-refractivity contribution < 1.29 is 8.42 Å². The minimum absolute atomic E-state index is 0.00314. The lowest BCUT2D eigenvalue weighted by molar-refractivity contribution is 0.594. The third kappa shape index (κ3) is 4.50. The number of hydrogen-bond donors (Lipinski definition) is 0. The molecule has 5 heteroatoms. The molecule has 3 nitrogen and oxygen atoms in total. The van der Waals surface area contributed by atoms with Gasteiger partial charge in [-0.15, -0.1) is 11.3 Å². The zero-order valence-electron chi connectivity index (χ0n) is 12.6. The monoisotopic (exact) mass is 343 g/mol. The molecule has 0 aliphatic heterocycles. The normalized spacial score (nSPS) is 11.5. The quantitative estimate of drug-likeness (QED) is 0.680. The smallest absolute Gasteiger partial charge is 0.156 e. The van der Waals surface area contributed by atoms with Crippen LogP contribution in [-0.4, -0.2) is 19.2 Å². The maximum absolute atomic E-state index is 12.3. The summed E-state index contributed by atoms with van der Waals surface area (Å²) < 4.78 is 24.6. The molecular weight excluding hydrogens is 326 g/mol. The second-order valence-corrected chi connectivity index (χ2v) is 8.38. The molecule has 0 atom stereocenters. The predicted molar refractivity (Wildman–Crippen MR) is 95.2 cm³/mol. The van der Waals surface area contributed by atoms with Gasteiger partial charge >= 0.3 is 0 Å². The highest BCUT2D eigenvalue weighted by molar-refractivity contribution is 7.90. The van der Waals surface area contributed by atoms with Gasteiger partial charge in [-0.3, -0.25) is 0 Å². The second kappa shape index (κ2) is 7.06. The molecule has 1 heterocycles. The Balaban J connectivity index is 1.65. The fourth-order valence-corrected chi connectivity index (χ4v) is 4.52. The van der Waals surface area contributed by atoms with Crippen molar-refractivity contribution in [3.63, 3.8) is 0 Å². The summed E-state index contributed by atoms with van der Waals surface area (Å²) >= 11 is 1.48. The predicted octanol–water partition coefficient (Wildman–Crippen LogP) is 3.97. The summed E-state index contributed by atoms with van der Waals surface area (Å²) in [7, 11) is -3.16. The van der Waals surface area contributed by atoms with Gasteiger partial charge in [-0.05, 0) is 12.0 Å². The molecule has 3 rings (SSSR count). The van der Waals surface area contributed by atoms with Crippen LogP contribution in [0.4, 0.5) is 0 Å². The third-order valence-corrected chi connectivity index (χ3v) is 5.99. The van der Waals surface area contributed by atoms with Gasteiger partial charge < -0.3 is 0 Å². The van der Waals surface area contributed by atoms with Crippen LogP contribution in [-0.2, 0) is 22.0 Å². The largest absolute Gasteiger partial charge is 0.240 e. The highest BCUT2D eigenvalue weighted by Gasteiger charge is 2.15. The van der Waals surface area contributed by atoms with Crippen molar-refractivity contribution >= 4 is 21.2 Å². The van der Waals surface area contributed by atoms with E-state index in [4.69, 9.17) is 0 Å². The van der Waals surface area contributed by atoms with Gasteiger partial charge in [0.05, 0.1) is 17.2 Å². The molecule has 0 N–H and O–H groups in total. The molecular formula is C18H17NO2S2. The van der Waals surface area contributed by atoms with Gasteiger partial charge in [-0.25, -0.2) is 13.4 Å². The van der Waals surface area contributed by atoms with Gasteiger partial charge in [-0.1, -0.05) is 60.7 Å². The zero-order chi connectivity index (χ0) is 16.1. The van der Waals surface area contributed by atoms with Crippen molar-refractivity contribution in [1.29, 1.82) is 0 Å². The number of aryl methyl sites for hydroxylation is 1. The van der Waals surface area contributed by atoms with E-state index in [2.05, 4.69) is 4.98 Å². The Morgan fingerprint density at radius 3 is 2.26 bits per heavy atom. The molecule has 0 aliphatic carbocycles. The Hall–Kier alpha value is -1.98. The molecule has 0 saturated heterocycles. The summed E-state index contributed by atoms with van der Waals surface area (Å²) in [6.07, 6.45) is 0.541. The van der Waals surface area contributed by atoms with Crippen molar-refractivity contribution in [3.8, 4) is 10.6 Å². The van der Waals surface area contributed by atoms with Crippen LogP contribution in [0.1, 0.15) is 11.3 Å². The van der Waals surface area contributed by atoms with Crippen LogP contribution in [0.15, 0.2) is 66.0 Å². The van der Waals surface area contributed by atoms with Crippen molar-refractivity contribution in [2.75, 3.05) is 5.75 Å². The van der Waals surface area contributed by atoms with Crippen molar-refractivity contribution in [2.24, 2.45) is 0 Å². The Kier molecular flexibility index (Phi) is 4.88. The number of rotatable bonds is 6. The van der Waals surface area contributed by atoms with E-state index in [1.54, 1.807) is 0 Å². The molecule has 0 fully saturated rings. The summed E-state index contributed by atoms with van der Waals surface area (Å²) in [5, 5.41) is 2.70. The highest BCUT2D eigenvalue weighted by Crippen LogP contribution is 2.24. The Morgan fingerprint density at radius 1 is 0.913 bits per heavy atom. The summed E-state index contributed by atoms with van der Waals surface area (Å²) in [5.41, 5.74) is 2.69. The number of aromatic nitrogens is 1. The number of benzene rings is 2. The van der Waals surface area contributed by atoms with E-state index in [1.165, 1.54) is 11.3 Å². The molecule has 0 saturated carbocycles. The van der Waals surface area contributed by atoms with Crippen LogP contribution in [0.2, 0.25) is 0 Å². The zero-order valence-corrected chi connectivity index (χ0v) is 14.2. The summed E-state index contributed by atoms with van der Waals surface area (Å²) in [4.78, 5) is 4.46. The third-order valence-electron chi connectivity index (χ3n) is 3.48. The molecule has 23 heavy (non-hydrogen) atoms. The van der Waals surface area contributed by atoms with Crippen LogP contribution in [0, 0.1) is 0 Å². The molecule has 0 bridgehead atoms. The van der Waals surface area contributed by atoms with Crippen molar-refractivity contribution in [2.45, 2.75) is 12.2 Å². The lowest BCUT2D eigenvalue weighted by Crippen LogP contribution is -2.11. The van der Waals surface area contributed by atoms with Gasteiger partial charge in [0.2, 0.25) is 0 Å². The van der Waals surface area contributed by atoms with Gasteiger partial charge in [-0.2, -0.15) is 0 Å². The summed E-state index contributed by atoms with van der Waals surface area (Å²) in [6.45, 7) is 0. The van der Waals surface area contributed by atoms with E-state index >= 15 is 0 Å². The van der Waals surface area contributed by atoms with Gasteiger partial charge in [0, 0.05) is 10.9 Å². The fraction of sp³-hybridized carbons (Fsp3) is 0.167. The second-order valence-electron chi connectivity index (χ2n) is 5.34. The Morgan fingerprint density at radius 2 is 1.57 bits per heavy atom. The van der Waals surface area contributed by atoms with E-state index in [0.717, 1.165) is 16.1 Å². The van der Waals surface area contributed by atoms with Gasteiger partial charge in [0.1, 0.15) is 5.01 Å². The number of sulfone groups is 1. The first kappa shape index (κ1) is 15.9. The molecule has 3 aromatic rings. The van der Waals surface area contributed by atoms with E-state index in [-0.39, 0.29) is 11.5 Å². The highest BCUT2D eigenvalue weighted by atomic mass is 32.2. The first-order valence-corrected chi connectivity index (χ1v) is 10.1. The van der Waals surface area contributed by atoms with Gasteiger partial charge in [0.25, 0.3) is 0 Å². The average molecular weight is 343 g/mol. The lowest BCUT2D eigenvalue weighted by atomic mass is 10.2. The minimum atomic E-state index is -3.16. The number of nitrogens with zero attached hydrogens (tertiary/aromatic N) is 1. The maximum Gasteiger partial charge on any atom is 0.156 e. The molecule has 2 aromatic carbocycles. The molecule has 1 aromatic heterocycles. The average Bonchev–Trinajstić information content (AvgIpc) is 3.03. The fourth-order valence-electron chi connectivity index (χ4n) is 2.30. The van der Waals surface area contributed by atoms with Crippen LogP contribution < -0.4 is 0 Å². The summed E-state index contributed by atoms with van der Waals surface area (Å²) in [5.74, 6) is 0.151. The van der Waals surface area contributed by atoms with E-state index in [9.17, 15) is 8.42 Å². The standard InChI is InChI=1S/C18H17NO2S2/c20-23(21,12-11-15-7-3-1-4-8-15)14-17-13-22-18(19-17)16-9-5-2-6-10-16/h1-10,13H,11-12,14H2. The van der Waals surface area contributed by atoms with Crippen LogP contribution >= 0.6 is 11.3 Å². The van der Waals surface area contributed by atoms with E-state index in [1.807, 2.05) is 66.0 Å². The number of thiazole rings is 1. The Labute approximate surface area is 140 Å². The maximum atomic E-state index is 12.3. The molecule has 0 amide bonds. The number of hydrogen-bond acceptors (Lipinski definition) is 4. The molecule has 0 spiro atoms. The molecule has 118 valence electrons. The SMILES string of the molecule is O=S(=O)(CCc1ccccc1)Cc1csc(-c2ccccc2)n1. The van der Waals surface area contributed by atoms with Crippen LogP contribution in [0.25, 0.3) is 10.6 Å². The van der Waals surface area contributed by atoms with E-state index < -0.39 is 9.84 Å². The minimum Gasteiger partial charge on any atom is -0.240 e. The topological polar surface area (TPSA) is 47.0 Å². The van der Waals surface area contributed by atoms with Gasteiger partial charge in [0.15, 0.2) is 9.84 Å². The molecule has 0 unspecified atom stereocenters. The summed E-state index contributed by atoms with van der Waals surface area (Å²) in [6, 6.07) is 19.5. The van der Waals surface area contributed by atoms with Crippen molar-refractivity contribution in [3.05, 3.63) is 77.3 Å². The van der Waals surface area contributed by atoms with Crippen LogP contribution in [0.5, 0.6) is 0 Å². The van der Waals surface area contributed by atoms with E-state index in [0.29, 0.717) is 12.1 Å². The van der Waals surface area contributed by atoms with Crippen LogP contribution in [0.3, 0.4) is 0 Å². The molecule has 0 radical (unpaired) electrons. The Bertz CT molecular complexity index is 856. The molecule has 0 aliphatic rings. The first-order valence-electron chi connectivity index (χ1n) is 7.36.